The van der Waals surface area contributed by atoms with Gasteiger partial charge < -0.3 is 15.0 Å². The molecule has 0 bridgehead atoms. The van der Waals surface area contributed by atoms with Gasteiger partial charge in [-0.05, 0) is 36.8 Å². The van der Waals surface area contributed by atoms with Crippen molar-refractivity contribution in [3.63, 3.8) is 0 Å². The van der Waals surface area contributed by atoms with Crippen molar-refractivity contribution in [1.29, 1.82) is 0 Å². The van der Waals surface area contributed by atoms with E-state index in [2.05, 4.69) is 31.2 Å². The van der Waals surface area contributed by atoms with Crippen LogP contribution < -0.4 is 10.1 Å². The number of halogens is 1. The maximum absolute atomic E-state index is 12.5. The molecule has 0 saturated heterocycles. The summed E-state index contributed by atoms with van der Waals surface area (Å²) in [4.78, 5) is 20.1. The van der Waals surface area contributed by atoms with E-state index < -0.39 is 0 Å². The SMILES string of the molecule is COc1ccccc1NC(=O)[C@H](C)Sc1ncc(-c2ccc(Br)cc2)[nH]1. The molecule has 7 heteroatoms. The van der Waals surface area contributed by atoms with Gasteiger partial charge in [0.05, 0.1) is 29.9 Å². The number of hydrogen-bond acceptors (Lipinski definition) is 4. The second-order valence-corrected chi connectivity index (χ2v) is 7.80. The number of methoxy groups -OCH3 is 1. The molecular weight excluding hydrogens is 414 g/mol. The van der Waals surface area contributed by atoms with Gasteiger partial charge in [-0.25, -0.2) is 4.98 Å². The summed E-state index contributed by atoms with van der Waals surface area (Å²) in [7, 11) is 1.58. The number of rotatable bonds is 6. The first kappa shape index (κ1) is 18.5. The molecule has 0 radical (unpaired) electrons. The Morgan fingerprint density at radius 3 is 2.69 bits per heavy atom. The number of thioether (sulfide) groups is 1. The standard InChI is InChI=1S/C19H18BrN3O2S/c1-12(18(24)22-15-5-3-4-6-17(15)25-2)26-19-21-11-16(23-19)13-7-9-14(20)10-8-13/h3-12H,1-2H3,(H,21,23)(H,22,24)/t12-/m0/s1. The van der Waals surface area contributed by atoms with Gasteiger partial charge in [-0.3, -0.25) is 4.79 Å². The van der Waals surface area contributed by atoms with Crippen LogP contribution in [0.5, 0.6) is 5.75 Å². The molecule has 134 valence electrons. The molecule has 2 N–H and O–H groups in total. The fourth-order valence-electron chi connectivity index (χ4n) is 2.34. The summed E-state index contributed by atoms with van der Waals surface area (Å²) >= 11 is 4.80. The van der Waals surface area contributed by atoms with Crippen molar-refractivity contribution in [1.82, 2.24) is 9.97 Å². The number of carbonyl (C=O) groups is 1. The first-order valence-electron chi connectivity index (χ1n) is 7.98. The number of H-pyrrole nitrogens is 1. The van der Waals surface area contributed by atoms with Gasteiger partial charge in [0, 0.05) is 4.47 Å². The zero-order valence-corrected chi connectivity index (χ0v) is 16.7. The average Bonchev–Trinajstić information content (AvgIpc) is 3.11. The molecule has 3 aromatic rings. The number of nitrogens with one attached hydrogen (secondary N) is 2. The van der Waals surface area contributed by atoms with Crippen LogP contribution in [0.15, 0.2) is 64.4 Å². The van der Waals surface area contributed by atoms with Crippen LogP contribution in [0.4, 0.5) is 5.69 Å². The number of nitrogens with zero attached hydrogens (tertiary/aromatic N) is 1. The largest absolute Gasteiger partial charge is 0.495 e. The topological polar surface area (TPSA) is 67.0 Å². The molecule has 3 rings (SSSR count). The molecule has 1 amide bonds. The van der Waals surface area contributed by atoms with Gasteiger partial charge >= 0.3 is 0 Å². The lowest BCUT2D eigenvalue weighted by atomic mass is 10.2. The van der Waals surface area contributed by atoms with Crippen molar-refractivity contribution in [2.75, 3.05) is 12.4 Å². The Bertz CT molecular complexity index is 896. The fraction of sp³-hybridized carbons (Fsp3) is 0.158. The van der Waals surface area contributed by atoms with E-state index in [9.17, 15) is 4.79 Å². The van der Waals surface area contributed by atoms with E-state index >= 15 is 0 Å². The van der Waals surface area contributed by atoms with E-state index in [1.165, 1.54) is 11.8 Å². The first-order chi connectivity index (χ1) is 12.6. The Kier molecular flexibility index (Phi) is 6.00. The molecule has 0 aliphatic carbocycles. The summed E-state index contributed by atoms with van der Waals surface area (Å²) in [5.41, 5.74) is 2.61. The van der Waals surface area contributed by atoms with Crippen molar-refractivity contribution < 1.29 is 9.53 Å². The molecular formula is C19H18BrN3O2S. The quantitative estimate of drug-likeness (QED) is 0.540. The summed E-state index contributed by atoms with van der Waals surface area (Å²) in [6, 6.07) is 15.3. The van der Waals surface area contributed by atoms with Gasteiger partial charge in [0.15, 0.2) is 5.16 Å². The normalized spacial score (nSPS) is 11.8. The molecule has 1 aromatic heterocycles. The van der Waals surface area contributed by atoms with E-state index in [4.69, 9.17) is 4.74 Å². The molecule has 0 unspecified atom stereocenters. The van der Waals surface area contributed by atoms with Crippen LogP contribution in [0, 0.1) is 0 Å². The number of aromatic amines is 1. The van der Waals surface area contributed by atoms with E-state index in [1.807, 2.05) is 55.5 Å². The molecule has 0 aliphatic heterocycles. The number of carbonyl (C=O) groups excluding carboxylic acids is 1. The third-order valence-corrected chi connectivity index (χ3v) is 5.26. The molecule has 2 aromatic carbocycles. The van der Waals surface area contributed by atoms with Crippen molar-refractivity contribution in [2.24, 2.45) is 0 Å². The zero-order chi connectivity index (χ0) is 18.5. The Balaban J connectivity index is 1.65. The summed E-state index contributed by atoms with van der Waals surface area (Å²) in [5, 5.41) is 3.28. The minimum Gasteiger partial charge on any atom is -0.495 e. The minimum atomic E-state index is -0.316. The molecule has 1 heterocycles. The smallest absolute Gasteiger partial charge is 0.237 e. The predicted octanol–water partition coefficient (Wildman–Crippen LogP) is 4.97. The zero-order valence-electron chi connectivity index (χ0n) is 14.3. The molecule has 0 aliphatic rings. The van der Waals surface area contributed by atoms with Crippen LogP contribution in [0.25, 0.3) is 11.3 Å². The number of hydrogen-bond donors (Lipinski definition) is 2. The van der Waals surface area contributed by atoms with Crippen LogP contribution in [0.1, 0.15) is 6.92 Å². The monoisotopic (exact) mass is 431 g/mol. The van der Waals surface area contributed by atoms with Crippen molar-refractivity contribution >= 4 is 39.3 Å². The summed E-state index contributed by atoms with van der Waals surface area (Å²) < 4.78 is 6.29. The van der Waals surface area contributed by atoms with Crippen LogP contribution >= 0.6 is 27.7 Å². The van der Waals surface area contributed by atoms with Gasteiger partial charge in [-0.2, -0.15) is 0 Å². The number of benzene rings is 2. The molecule has 0 spiro atoms. The summed E-state index contributed by atoms with van der Waals surface area (Å²) in [6.07, 6.45) is 1.77. The second-order valence-electron chi connectivity index (χ2n) is 5.56. The highest BCUT2D eigenvalue weighted by Gasteiger charge is 2.18. The van der Waals surface area contributed by atoms with E-state index in [1.54, 1.807) is 13.3 Å². The van der Waals surface area contributed by atoms with Crippen LogP contribution in [0.3, 0.4) is 0 Å². The third kappa shape index (κ3) is 4.47. The van der Waals surface area contributed by atoms with Crippen molar-refractivity contribution in [2.45, 2.75) is 17.3 Å². The summed E-state index contributed by atoms with van der Waals surface area (Å²) in [6.45, 7) is 1.84. The van der Waals surface area contributed by atoms with Gasteiger partial charge in [-0.15, -0.1) is 0 Å². The first-order valence-corrected chi connectivity index (χ1v) is 9.65. The lowest BCUT2D eigenvalue weighted by molar-refractivity contribution is -0.115. The number of imidazole rings is 1. The number of ether oxygens (including phenoxy) is 1. The number of amides is 1. The number of anilines is 1. The Hall–Kier alpha value is -2.25. The Morgan fingerprint density at radius 1 is 1.23 bits per heavy atom. The number of aromatic nitrogens is 2. The second kappa shape index (κ2) is 8.42. The van der Waals surface area contributed by atoms with Crippen LogP contribution in [-0.2, 0) is 4.79 Å². The lowest BCUT2D eigenvalue weighted by Gasteiger charge is -2.13. The minimum absolute atomic E-state index is 0.110. The predicted molar refractivity (Wildman–Crippen MR) is 109 cm³/mol. The van der Waals surface area contributed by atoms with Crippen LogP contribution in [0.2, 0.25) is 0 Å². The molecule has 5 nitrogen and oxygen atoms in total. The van der Waals surface area contributed by atoms with Gasteiger partial charge in [0.25, 0.3) is 0 Å². The third-order valence-electron chi connectivity index (χ3n) is 3.73. The molecule has 0 saturated carbocycles. The average molecular weight is 432 g/mol. The molecule has 1 atom stereocenters. The maximum atomic E-state index is 12.5. The van der Waals surface area contributed by atoms with Gasteiger partial charge in [-0.1, -0.05) is 52.0 Å². The highest BCUT2D eigenvalue weighted by molar-refractivity contribution is 9.10. The van der Waals surface area contributed by atoms with Crippen molar-refractivity contribution in [3.8, 4) is 17.0 Å². The highest BCUT2D eigenvalue weighted by Crippen LogP contribution is 2.28. The van der Waals surface area contributed by atoms with Gasteiger partial charge in [0.2, 0.25) is 5.91 Å². The molecule has 0 fully saturated rings. The summed E-state index contributed by atoms with van der Waals surface area (Å²) in [5.74, 6) is 0.523. The fourth-order valence-corrected chi connectivity index (χ4v) is 3.39. The lowest BCUT2D eigenvalue weighted by Crippen LogP contribution is -2.22. The van der Waals surface area contributed by atoms with Crippen LogP contribution in [-0.4, -0.2) is 28.2 Å². The van der Waals surface area contributed by atoms with E-state index in [-0.39, 0.29) is 11.2 Å². The number of para-hydroxylation sites is 2. The molecule has 26 heavy (non-hydrogen) atoms. The van der Waals surface area contributed by atoms with E-state index in [0.717, 1.165) is 15.7 Å². The Morgan fingerprint density at radius 2 is 1.96 bits per heavy atom. The van der Waals surface area contributed by atoms with E-state index in [0.29, 0.717) is 16.6 Å². The van der Waals surface area contributed by atoms with Gasteiger partial charge in [0.1, 0.15) is 5.75 Å². The van der Waals surface area contributed by atoms with Crippen molar-refractivity contribution in [3.05, 3.63) is 59.2 Å². The maximum Gasteiger partial charge on any atom is 0.237 e. The highest BCUT2D eigenvalue weighted by atomic mass is 79.9. The Labute approximate surface area is 164 Å².